The molecule has 0 aromatic carbocycles. The van der Waals surface area contributed by atoms with Gasteiger partial charge in [0.15, 0.2) is 0 Å². The topological polar surface area (TPSA) is 50.9 Å². The SMILES string of the molecule is CC(C)(N)CCNc1cccnc1Br. The molecule has 0 radical (unpaired) electrons. The van der Waals surface area contributed by atoms with Gasteiger partial charge in [-0.15, -0.1) is 0 Å². The summed E-state index contributed by atoms with van der Waals surface area (Å²) >= 11 is 3.37. The molecule has 0 unspecified atom stereocenters. The standard InChI is InChI=1S/C10H16BrN3/c1-10(2,12)5-7-13-8-4-3-6-14-9(8)11/h3-4,6,13H,5,7,12H2,1-2H3. The third-order valence-corrected chi connectivity index (χ3v) is 2.48. The summed E-state index contributed by atoms with van der Waals surface area (Å²) in [7, 11) is 0. The molecule has 0 spiro atoms. The van der Waals surface area contributed by atoms with Gasteiger partial charge < -0.3 is 11.1 Å². The van der Waals surface area contributed by atoms with Crippen molar-refractivity contribution >= 4 is 21.6 Å². The van der Waals surface area contributed by atoms with E-state index in [9.17, 15) is 0 Å². The number of aromatic nitrogens is 1. The first kappa shape index (κ1) is 11.5. The van der Waals surface area contributed by atoms with Crippen LogP contribution in [0.3, 0.4) is 0 Å². The van der Waals surface area contributed by atoms with Gasteiger partial charge in [-0.05, 0) is 48.3 Å². The van der Waals surface area contributed by atoms with Gasteiger partial charge in [0.05, 0.1) is 5.69 Å². The van der Waals surface area contributed by atoms with E-state index in [0.29, 0.717) is 0 Å². The highest BCUT2D eigenvalue weighted by molar-refractivity contribution is 9.10. The first-order valence-electron chi connectivity index (χ1n) is 4.62. The minimum absolute atomic E-state index is 0.123. The Balaban J connectivity index is 2.43. The van der Waals surface area contributed by atoms with Crippen LogP contribution in [0.5, 0.6) is 0 Å². The number of hydrogen-bond donors (Lipinski definition) is 2. The molecule has 0 aliphatic heterocycles. The summed E-state index contributed by atoms with van der Waals surface area (Å²) in [5, 5.41) is 3.28. The van der Waals surface area contributed by atoms with Crippen LogP contribution in [0.2, 0.25) is 0 Å². The Morgan fingerprint density at radius 3 is 2.86 bits per heavy atom. The zero-order chi connectivity index (χ0) is 10.6. The van der Waals surface area contributed by atoms with E-state index >= 15 is 0 Å². The molecule has 4 heteroatoms. The number of pyridine rings is 1. The Labute approximate surface area is 93.2 Å². The second-order valence-corrected chi connectivity index (χ2v) is 4.76. The molecule has 14 heavy (non-hydrogen) atoms. The highest BCUT2D eigenvalue weighted by Crippen LogP contribution is 2.18. The molecule has 1 rings (SSSR count). The third kappa shape index (κ3) is 4.07. The van der Waals surface area contributed by atoms with Gasteiger partial charge >= 0.3 is 0 Å². The number of halogens is 1. The molecule has 0 amide bonds. The van der Waals surface area contributed by atoms with Gasteiger partial charge in [-0.3, -0.25) is 0 Å². The first-order valence-corrected chi connectivity index (χ1v) is 5.41. The highest BCUT2D eigenvalue weighted by atomic mass is 79.9. The maximum absolute atomic E-state index is 5.87. The Hall–Kier alpha value is -0.610. The quantitative estimate of drug-likeness (QED) is 0.815. The molecule has 3 N–H and O–H groups in total. The molecular weight excluding hydrogens is 242 g/mol. The Kier molecular flexibility index (Phi) is 3.89. The summed E-state index contributed by atoms with van der Waals surface area (Å²) in [6.07, 6.45) is 2.68. The highest BCUT2D eigenvalue weighted by Gasteiger charge is 2.09. The van der Waals surface area contributed by atoms with Crippen molar-refractivity contribution in [2.45, 2.75) is 25.8 Å². The molecule has 0 fully saturated rings. The number of nitrogens with one attached hydrogen (secondary N) is 1. The van der Waals surface area contributed by atoms with Crippen molar-refractivity contribution in [3.8, 4) is 0 Å². The van der Waals surface area contributed by atoms with Gasteiger partial charge in [0, 0.05) is 18.3 Å². The van der Waals surface area contributed by atoms with Gasteiger partial charge in [-0.2, -0.15) is 0 Å². The molecule has 1 aromatic rings. The maximum Gasteiger partial charge on any atom is 0.129 e. The number of anilines is 1. The summed E-state index contributed by atoms with van der Waals surface area (Å²) in [6, 6.07) is 3.89. The molecule has 3 nitrogen and oxygen atoms in total. The fourth-order valence-electron chi connectivity index (χ4n) is 1.04. The molecular formula is C10H16BrN3. The van der Waals surface area contributed by atoms with E-state index in [1.807, 2.05) is 26.0 Å². The van der Waals surface area contributed by atoms with E-state index < -0.39 is 0 Å². The predicted octanol–water partition coefficient (Wildman–Crippen LogP) is 2.38. The molecule has 0 aliphatic carbocycles. The normalized spacial score (nSPS) is 11.4. The molecule has 0 aliphatic rings. The minimum Gasteiger partial charge on any atom is -0.383 e. The number of hydrogen-bond acceptors (Lipinski definition) is 3. The third-order valence-electron chi connectivity index (χ3n) is 1.84. The van der Waals surface area contributed by atoms with Gasteiger partial charge in [0.2, 0.25) is 0 Å². The molecule has 0 bridgehead atoms. The van der Waals surface area contributed by atoms with Gasteiger partial charge in [-0.1, -0.05) is 0 Å². The van der Waals surface area contributed by atoms with Crippen LogP contribution in [-0.2, 0) is 0 Å². The molecule has 78 valence electrons. The predicted molar refractivity (Wildman–Crippen MR) is 63.3 cm³/mol. The second kappa shape index (κ2) is 4.75. The monoisotopic (exact) mass is 257 g/mol. The van der Waals surface area contributed by atoms with Crippen molar-refractivity contribution < 1.29 is 0 Å². The molecule has 1 heterocycles. The summed E-state index contributed by atoms with van der Waals surface area (Å²) in [5.41, 5.74) is 6.76. The average Bonchev–Trinajstić information content (AvgIpc) is 2.06. The Morgan fingerprint density at radius 1 is 1.57 bits per heavy atom. The van der Waals surface area contributed by atoms with Crippen LogP contribution in [0.25, 0.3) is 0 Å². The zero-order valence-electron chi connectivity index (χ0n) is 8.55. The van der Waals surface area contributed by atoms with Crippen LogP contribution in [0.1, 0.15) is 20.3 Å². The lowest BCUT2D eigenvalue weighted by Gasteiger charge is -2.18. The molecule has 0 atom stereocenters. The van der Waals surface area contributed by atoms with Crippen molar-refractivity contribution in [1.29, 1.82) is 0 Å². The van der Waals surface area contributed by atoms with Crippen molar-refractivity contribution in [2.75, 3.05) is 11.9 Å². The van der Waals surface area contributed by atoms with Crippen LogP contribution in [0, 0.1) is 0 Å². The first-order chi connectivity index (χ1) is 6.49. The van der Waals surface area contributed by atoms with Crippen molar-refractivity contribution in [3.63, 3.8) is 0 Å². The van der Waals surface area contributed by atoms with Crippen molar-refractivity contribution in [2.24, 2.45) is 5.73 Å². The van der Waals surface area contributed by atoms with Gasteiger partial charge in [-0.25, -0.2) is 4.98 Å². The van der Waals surface area contributed by atoms with Crippen LogP contribution in [0.4, 0.5) is 5.69 Å². The summed E-state index contributed by atoms with van der Waals surface area (Å²) in [5.74, 6) is 0. The minimum atomic E-state index is -0.123. The van der Waals surface area contributed by atoms with E-state index in [1.165, 1.54) is 0 Å². The Bertz CT molecular complexity index is 294. The van der Waals surface area contributed by atoms with Crippen LogP contribution in [0.15, 0.2) is 22.9 Å². The molecule has 1 aromatic heterocycles. The lowest BCUT2D eigenvalue weighted by molar-refractivity contribution is 0.490. The van der Waals surface area contributed by atoms with E-state index in [-0.39, 0.29) is 5.54 Å². The van der Waals surface area contributed by atoms with Crippen LogP contribution in [-0.4, -0.2) is 17.1 Å². The molecule has 0 saturated carbocycles. The summed E-state index contributed by atoms with van der Waals surface area (Å²) in [6.45, 7) is 4.90. The fourth-order valence-corrected chi connectivity index (χ4v) is 1.43. The maximum atomic E-state index is 5.87. The summed E-state index contributed by atoms with van der Waals surface area (Å²) in [4.78, 5) is 4.12. The van der Waals surface area contributed by atoms with Crippen LogP contribution < -0.4 is 11.1 Å². The Morgan fingerprint density at radius 2 is 2.29 bits per heavy atom. The van der Waals surface area contributed by atoms with E-state index in [1.54, 1.807) is 6.20 Å². The van der Waals surface area contributed by atoms with Crippen LogP contribution >= 0.6 is 15.9 Å². The zero-order valence-corrected chi connectivity index (χ0v) is 10.1. The number of nitrogens with zero attached hydrogens (tertiary/aromatic N) is 1. The van der Waals surface area contributed by atoms with E-state index in [2.05, 4.69) is 26.2 Å². The van der Waals surface area contributed by atoms with Crippen molar-refractivity contribution in [1.82, 2.24) is 4.98 Å². The van der Waals surface area contributed by atoms with Gasteiger partial charge in [0.1, 0.15) is 4.60 Å². The smallest absolute Gasteiger partial charge is 0.129 e. The lowest BCUT2D eigenvalue weighted by Crippen LogP contribution is -2.34. The largest absolute Gasteiger partial charge is 0.383 e. The molecule has 0 saturated heterocycles. The average molecular weight is 258 g/mol. The lowest BCUT2D eigenvalue weighted by atomic mass is 10.0. The van der Waals surface area contributed by atoms with Crippen molar-refractivity contribution in [3.05, 3.63) is 22.9 Å². The number of nitrogens with two attached hydrogens (primary N) is 1. The fraction of sp³-hybridized carbons (Fsp3) is 0.500. The summed E-state index contributed by atoms with van der Waals surface area (Å²) < 4.78 is 0.842. The van der Waals surface area contributed by atoms with Gasteiger partial charge in [0.25, 0.3) is 0 Å². The van der Waals surface area contributed by atoms with E-state index in [0.717, 1.165) is 23.3 Å². The second-order valence-electron chi connectivity index (χ2n) is 4.01. The number of rotatable bonds is 4. The van der Waals surface area contributed by atoms with E-state index in [4.69, 9.17) is 5.73 Å².